The molecular weight excluding hydrogens is 236 g/mol. The van der Waals surface area contributed by atoms with Crippen molar-refractivity contribution in [2.75, 3.05) is 12.0 Å². The van der Waals surface area contributed by atoms with Gasteiger partial charge in [-0.05, 0) is 6.42 Å². The number of nitrogen functional groups attached to an aromatic ring is 1. The third-order valence-corrected chi connectivity index (χ3v) is 2.63. The molecule has 1 aliphatic heterocycles. The molecule has 5 N–H and O–H groups in total. The van der Waals surface area contributed by atoms with Crippen molar-refractivity contribution in [1.29, 1.82) is 0 Å². The summed E-state index contributed by atoms with van der Waals surface area (Å²) >= 11 is 0. The first-order valence-corrected chi connectivity index (χ1v) is 5.55. The molecule has 1 aromatic rings. The van der Waals surface area contributed by atoms with Gasteiger partial charge in [0.1, 0.15) is 5.69 Å². The fourth-order valence-corrected chi connectivity index (χ4v) is 1.66. The van der Waals surface area contributed by atoms with Crippen molar-refractivity contribution in [3.05, 3.63) is 18.1 Å². The molecule has 1 saturated heterocycles. The van der Waals surface area contributed by atoms with Gasteiger partial charge in [-0.3, -0.25) is 9.59 Å². The third-order valence-electron chi connectivity index (χ3n) is 2.63. The Bertz CT molecular complexity index is 446. The van der Waals surface area contributed by atoms with E-state index in [0.29, 0.717) is 18.8 Å². The predicted molar refractivity (Wildman–Crippen MR) is 63.3 cm³/mol. The van der Waals surface area contributed by atoms with Crippen LogP contribution in [0.25, 0.3) is 0 Å². The Morgan fingerprint density at radius 2 is 2.33 bits per heavy atom. The maximum atomic E-state index is 11.7. The summed E-state index contributed by atoms with van der Waals surface area (Å²) in [6.07, 6.45) is 3.95. The van der Waals surface area contributed by atoms with Gasteiger partial charge in [0, 0.05) is 19.0 Å². The fraction of sp³-hybridized carbons (Fsp3) is 0.400. The van der Waals surface area contributed by atoms with Gasteiger partial charge in [0.2, 0.25) is 5.91 Å². The molecule has 1 atom stereocenters. The van der Waals surface area contributed by atoms with Crippen molar-refractivity contribution in [3.63, 3.8) is 0 Å². The lowest BCUT2D eigenvalue weighted by Gasteiger charge is -2.10. The molecule has 1 unspecified atom stereocenters. The Morgan fingerprint density at radius 3 is 2.89 bits per heavy atom. The second-order valence-corrected chi connectivity index (χ2v) is 3.94. The monoisotopic (exact) mass is 250 g/mol. The van der Waals surface area contributed by atoms with Crippen molar-refractivity contribution >= 4 is 17.6 Å². The van der Waals surface area contributed by atoms with Gasteiger partial charge in [0.25, 0.3) is 5.91 Å². The van der Waals surface area contributed by atoms with Crippen LogP contribution in [0.15, 0.2) is 12.4 Å². The smallest absolute Gasteiger partial charge is 0.271 e. The van der Waals surface area contributed by atoms with E-state index >= 15 is 0 Å². The van der Waals surface area contributed by atoms with Gasteiger partial charge in [-0.25, -0.2) is 15.8 Å². The van der Waals surface area contributed by atoms with Gasteiger partial charge in [-0.1, -0.05) is 0 Å². The predicted octanol–water partition coefficient (Wildman–Crippen LogP) is -1.23. The number of carbonyl (C=O) groups excluding carboxylic acids is 2. The number of nitrogens with zero attached hydrogens (tertiary/aromatic N) is 2. The highest BCUT2D eigenvalue weighted by molar-refractivity contribution is 5.92. The molecule has 1 fully saturated rings. The molecule has 2 amide bonds. The van der Waals surface area contributed by atoms with Crippen molar-refractivity contribution in [3.8, 4) is 0 Å². The van der Waals surface area contributed by atoms with E-state index in [2.05, 4.69) is 26.0 Å². The molecule has 2 heterocycles. The van der Waals surface area contributed by atoms with E-state index in [9.17, 15) is 9.59 Å². The summed E-state index contributed by atoms with van der Waals surface area (Å²) in [5, 5.41) is 5.45. The molecule has 2 rings (SSSR count). The lowest BCUT2D eigenvalue weighted by Crippen LogP contribution is -2.38. The molecule has 0 spiro atoms. The number of hydrogen-bond donors (Lipinski definition) is 4. The Labute approximate surface area is 103 Å². The Morgan fingerprint density at radius 1 is 1.50 bits per heavy atom. The summed E-state index contributed by atoms with van der Waals surface area (Å²) < 4.78 is 0. The van der Waals surface area contributed by atoms with Gasteiger partial charge < -0.3 is 16.1 Å². The minimum atomic E-state index is -0.327. The zero-order chi connectivity index (χ0) is 13.0. The molecule has 8 heteroatoms. The summed E-state index contributed by atoms with van der Waals surface area (Å²) in [5.41, 5.74) is 2.53. The zero-order valence-corrected chi connectivity index (χ0v) is 9.64. The standard InChI is InChI=1S/C10H14N6O2/c11-16-8-5-12-7(4-13-8)10(18)14-3-6-1-2-9(17)15-6/h4-6H,1-3,11H2,(H,13,16)(H,14,18)(H,15,17). The number of hydrogen-bond acceptors (Lipinski definition) is 6. The SMILES string of the molecule is NNc1cnc(C(=O)NCC2CCC(=O)N2)cn1. The number of carbonyl (C=O) groups is 2. The fourth-order valence-electron chi connectivity index (χ4n) is 1.66. The number of amides is 2. The van der Waals surface area contributed by atoms with Gasteiger partial charge >= 0.3 is 0 Å². The molecule has 0 saturated carbocycles. The Balaban J connectivity index is 1.85. The molecule has 0 bridgehead atoms. The van der Waals surface area contributed by atoms with Crippen LogP contribution in [0.1, 0.15) is 23.3 Å². The van der Waals surface area contributed by atoms with Crippen LogP contribution < -0.4 is 21.9 Å². The van der Waals surface area contributed by atoms with Gasteiger partial charge in [-0.15, -0.1) is 0 Å². The highest BCUT2D eigenvalue weighted by Gasteiger charge is 2.21. The summed E-state index contributed by atoms with van der Waals surface area (Å²) in [4.78, 5) is 30.5. The normalized spacial score (nSPS) is 18.3. The molecule has 0 radical (unpaired) electrons. The lowest BCUT2D eigenvalue weighted by molar-refractivity contribution is -0.119. The van der Waals surface area contributed by atoms with Crippen LogP contribution in [0.5, 0.6) is 0 Å². The first kappa shape index (κ1) is 12.2. The maximum Gasteiger partial charge on any atom is 0.271 e. The van der Waals surface area contributed by atoms with Crippen LogP contribution in [0.2, 0.25) is 0 Å². The topological polar surface area (TPSA) is 122 Å². The van der Waals surface area contributed by atoms with Crippen LogP contribution in [0.3, 0.4) is 0 Å². The zero-order valence-electron chi connectivity index (χ0n) is 9.64. The van der Waals surface area contributed by atoms with Crippen LogP contribution >= 0.6 is 0 Å². The highest BCUT2D eigenvalue weighted by atomic mass is 16.2. The lowest BCUT2D eigenvalue weighted by atomic mass is 10.2. The van der Waals surface area contributed by atoms with Crippen LogP contribution in [0, 0.1) is 0 Å². The molecule has 18 heavy (non-hydrogen) atoms. The molecule has 1 aromatic heterocycles. The number of nitrogens with one attached hydrogen (secondary N) is 3. The van der Waals surface area contributed by atoms with E-state index < -0.39 is 0 Å². The van der Waals surface area contributed by atoms with Crippen molar-refractivity contribution in [2.45, 2.75) is 18.9 Å². The van der Waals surface area contributed by atoms with E-state index in [4.69, 9.17) is 5.84 Å². The second kappa shape index (κ2) is 5.41. The molecule has 96 valence electrons. The van der Waals surface area contributed by atoms with E-state index in [1.54, 1.807) is 0 Å². The van der Waals surface area contributed by atoms with E-state index in [1.807, 2.05) is 0 Å². The van der Waals surface area contributed by atoms with E-state index in [1.165, 1.54) is 12.4 Å². The average molecular weight is 250 g/mol. The third kappa shape index (κ3) is 2.92. The summed E-state index contributed by atoms with van der Waals surface area (Å²) in [6.45, 7) is 0.392. The summed E-state index contributed by atoms with van der Waals surface area (Å²) in [6, 6.07) is -0.000564. The van der Waals surface area contributed by atoms with Crippen molar-refractivity contribution in [2.24, 2.45) is 5.84 Å². The minimum Gasteiger partial charge on any atom is -0.352 e. The number of hydrazine groups is 1. The highest BCUT2D eigenvalue weighted by Crippen LogP contribution is 2.05. The average Bonchev–Trinajstić information content (AvgIpc) is 2.82. The van der Waals surface area contributed by atoms with Gasteiger partial charge in [0.05, 0.1) is 12.4 Å². The number of anilines is 1. The van der Waals surface area contributed by atoms with Crippen molar-refractivity contribution in [1.82, 2.24) is 20.6 Å². The molecule has 0 aromatic carbocycles. The number of rotatable bonds is 4. The Kier molecular flexibility index (Phi) is 3.68. The van der Waals surface area contributed by atoms with E-state index in [-0.39, 0.29) is 23.6 Å². The van der Waals surface area contributed by atoms with E-state index in [0.717, 1.165) is 6.42 Å². The molecule has 1 aliphatic rings. The molecular formula is C10H14N6O2. The van der Waals surface area contributed by atoms with Gasteiger partial charge in [0.15, 0.2) is 5.82 Å². The first-order valence-electron chi connectivity index (χ1n) is 5.55. The number of nitrogens with two attached hydrogens (primary N) is 1. The second-order valence-electron chi connectivity index (χ2n) is 3.94. The largest absolute Gasteiger partial charge is 0.352 e. The quantitative estimate of drug-likeness (QED) is 0.392. The molecule has 8 nitrogen and oxygen atoms in total. The first-order chi connectivity index (χ1) is 8.69. The van der Waals surface area contributed by atoms with Crippen LogP contribution in [0.4, 0.5) is 5.82 Å². The van der Waals surface area contributed by atoms with Crippen LogP contribution in [-0.4, -0.2) is 34.4 Å². The summed E-state index contributed by atoms with van der Waals surface area (Å²) in [7, 11) is 0. The van der Waals surface area contributed by atoms with Crippen LogP contribution in [-0.2, 0) is 4.79 Å². The van der Waals surface area contributed by atoms with Crippen molar-refractivity contribution < 1.29 is 9.59 Å². The Hall–Kier alpha value is -2.22. The number of aromatic nitrogens is 2. The molecule has 0 aliphatic carbocycles. The summed E-state index contributed by atoms with van der Waals surface area (Å²) in [5.74, 6) is 5.22. The minimum absolute atomic E-state index is 0.000564. The van der Waals surface area contributed by atoms with Gasteiger partial charge in [-0.2, -0.15) is 0 Å². The maximum absolute atomic E-state index is 11.7.